The number of fused-ring (bicyclic) bond motifs is 7. The topological polar surface area (TPSA) is 98.5 Å². The van der Waals surface area contributed by atoms with Gasteiger partial charge in [-0.1, -0.05) is 47.1 Å². The van der Waals surface area contributed by atoms with E-state index < -0.39 is 11.5 Å². The quantitative estimate of drug-likeness (QED) is 0.271. The Morgan fingerprint density at radius 3 is 2.36 bits per heavy atom. The molecule has 42 heavy (non-hydrogen) atoms. The molecule has 0 saturated heterocycles. The van der Waals surface area contributed by atoms with Gasteiger partial charge in [0.05, 0.1) is 5.41 Å². The average Bonchev–Trinajstić information content (AvgIpc) is 2.91. The summed E-state index contributed by atoms with van der Waals surface area (Å²) >= 11 is 0. The van der Waals surface area contributed by atoms with Crippen LogP contribution in [0.25, 0.3) is 0 Å². The molecule has 0 aromatic heterocycles. The minimum absolute atomic E-state index is 0.0390. The first-order chi connectivity index (χ1) is 19.6. The van der Waals surface area contributed by atoms with E-state index >= 15 is 0 Å². The summed E-state index contributed by atoms with van der Waals surface area (Å²) in [7, 11) is 0. The third kappa shape index (κ3) is 4.38. The van der Waals surface area contributed by atoms with E-state index in [4.69, 9.17) is 10.5 Å². The van der Waals surface area contributed by atoms with Crippen LogP contribution in [-0.4, -0.2) is 36.9 Å². The normalized spacial score (nSPS) is 48.1. The number of amides is 1. The van der Waals surface area contributed by atoms with E-state index in [1.165, 1.54) is 31.8 Å². The maximum atomic E-state index is 14.7. The van der Waals surface area contributed by atoms with Crippen LogP contribution in [0.15, 0.2) is 11.6 Å². The van der Waals surface area contributed by atoms with E-state index in [1.54, 1.807) is 0 Å². The smallest absolute Gasteiger partial charge is 0.302 e. The second kappa shape index (κ2) is 10.7. The number of esters is 1. The molecule has 0 aromatic rings. The van der Waals surface area contributed by atoms with Crippen LogP contribution < -0.4 is 11.1 Å². The molecule has 0 heterocycles. The van der Waals surface area contributed by atoms with Crippen LogP contribution in [0, 0.1) is 56.7 Å². The van der Waals surface area contributed by atoms with E-state index in [0.717, 1.165) is 38.5 Å². The lowest BCUT2D eigenvalue weighted by Crippen LogP contribution is -2.69. The van der Waals surface area contributed by atoms with Crippen molar-refractivity contribution in [3.8, 4) is 0 Å². The lowest BCUT2D eigenvalue weighted by molar-refractivity contribution is -0.214. The monoisotopic (exact) mass is 582 g/mol. The van der Waals surface area contributed by atoms with Crippen LogP contribution in [0.2, 0.25) is 0 Å². The molecule has 6 nitrogen and oxygen atoms in total. The number of hydrogen-bond donors (Lipinski definition) is 2. The molecule has 3 N–H and O–H groups in total. The largest absolute Gasteiger partial charge is 0.461 e. The van der Waals surface area contributed by atoms with E-state index in [2.05, 4.69) is 52.9 Å². The molecule has 0 aromatic carbocycles. The standard InChI is InChI=1S/C36H58N2O4/c1-22-11-14-32(4)17-18-34(6)25(29(32)23(22)2)21-26(40)30-33(5)15-13-28(42-24(3)39)36(8,27(33)12-16-35(30,34)7)31(41)38-20-10-9-19-37/h21-23,27-30H,9-20,37H2,1-8H3,(H,38,41)/t22-,23+,27?,28-,29?,30?,32-,33+,34-,35-,36-/m1/s1. The number of carbonyl (C=O) groups is 3. The van der Waals surface area contributed by atoms with Gasteiger partial charge in [0.25, 0.3) is 0 Å². The number of carbonyl (C=O) groups excluding carboxylic acids is 3. The molecule has 0 spiro atoms. The molecule has 5 rings (SSSR count). The molecule has 4 saturated carbocycles. The van der Waals surface area contributed by atoms with Crippen LogP contribution in [0.4, 0.5) is 0 Å². The highest BCUT2D eigenvalue weighted by molar-refractivity contribution is 5.96. The highest BCUT2D eigenvalue weighted by Gasteiger charge is 2.72. The second-order valence-electron chi connectivity index (χ2n) is 16.5. The molecule has 0 radical (unpaired) electrons. The molecule has 3 unspecified atom stereocenters. The van der Waals surface area contributed by atoms with Crippen molar-refractivity contribution >= 4 is 17.7 Å². The Labute approximate surface area is 254 Å². The van der Waals surface area contributed by atoms with Gasteiger partial charge >= 0.3 is 5.97 Å². The zero-order valence-electron chi connectivity index (χ0n) is 27.7. The first-order valence-corrected chi connectivity index (χ1v) is 17.0. The van der Waals surface area contributed by atoms with Crippen molar-refractivity contribution in [2.75, 3.05) is 13.1 Å². The SMILES string of the molecule is CC(=O)O[C@@H]1CC[C@@]2(C)C(CC[C@]3(C)C2C(=O)C=C2C4[C@@H](C)[C@H](C)CC[C@]4(C)CC[C@]23C)[C@@]1(C)C(=O)NCCCCN. The Bertz CT molecular complexity index is 1150. The van der Waals surface area contributed by atoms with Gasteiger partial charge in [-0.25, -0.2) is 0 Å². The minimum atomic E-state index is -0.896. The maximum Gasteiger partial charge on any atom is 0.302 e. The summed E-state index contributed by atoms with van der Waals surface area (Å²) < 4.78 is 5.92. The van der Waals surface area contributed by atoms with Crippen molar-refractivity contribution in [1.29, 1.82) is 0 Å². The predicted molar refractivity (Wildman–Crippen MR) is 166 cm³/mol. The average molecular weight is 583 g/mol. The number of nitrogens with one attached hydrogen (secondary N) is 1. The van der Waals surface area contributed by atoms with Crippen LogP contribution in [0.3, 0.4) is 0 Å². The molecule has 0 aliphatic heterocycles. The lowest BCUT2D eigenvalue weighted by atomic mass is 9.33. The summed E-state index contributed by atoms with van der Waals surface area (Å²) in [6.45, 7) is 19.1. The maximum absolute atomic E-state index is 14.7. The number of ketones is 1. The number of nitrogens with two attached hydrogens (primary N) is 1. The fourth-order valence-corrected chi connectivity index (χ4v) is 11.7. The van der Waals surface area contributed by atoms with Crippen molar-refractivity contribution in [2.45, 2.75) is 126 Å². The Kier molecular flexibility index (Phi) is 8.11. The van der Waals surface area contributed by atoms with Gasteiger partial charge in [-0.05, 0) is 129 Å². The van der Waals surface area contributed by atoms with E-state index in [-0.39, 0.29) is 51.2 Å². The van der Waals surface area contributed by atoms with Crippen molar-refractivity contribution in [2.24, 2.45) is 62.4 Å². The van der Waals surface area contributed by atoms with Crippen molar-refractivity contribution in [1.82, 2.24) is 5.32 Å². The zero-order chi connectivity index (χ0) is 30.9. The summed E-state index contributed by atoms with van der Waals surface area (Å²) in [5.41, 5.74) is 5.93. The Morgan fingerprint density at radius 2 is 1.69 bits per heavy atom. The van der Waals surface area contributed by atoms with Gasteiger partial charge in [0.1, 0.15) is 6.10 Å². The first-order valence-electron chi connectivity index (χ1n) is 17.0. The third-order valence-electron chi connectivity index (χ3n) is 14.5. The highest BCUT2D eigenvalue weighted by atomic mass is 16.5. The number of allylic oxidation sites excluding steroid dienone is 2. The van der Waals surface area contributed by atoms with Gasteiger partial charge in [0.15, 0.2) is 5.78 Å². The van der Waals surface area contributed by atoms with Gasteiger partial charge in [0, 0.05) is 19.4 Å². The molecule has 1 amide bonds. The molecule has 11 atom stereocenters. The number of rotatable bonds is 6. The molecule has 236 valence electrons. The van der Waals surface area contributed by atoms with Crippen molar-refractivity contribution in [3.63, 3.8) is 0 Å². The van der Waals surface area contributed by atoms with Gasteiger partial charge in [-0.15, -0.1) is 0 Å². The molecular weight excluding hydrogens is 524 g/mol. The molecule has 6 heteroatoms. The minimum Gasteiger partial charge on any atom is -0.461 e. The van der Waals surface area contributed by atoms with Crippen LogP contribution in [0.5, 0.6) is 0 Å². The number of unbranched alkanes of at least 4 members (excludes halogenated alkanes) is 1. The van der Waals surface area contributed by atoms with E-state index in [0.29, 0.717) is 37.3 Å². The molecule has 5 aliphatic rings. The van der Waals surface area contributed by atoms with Crippen LogP contribution in [0.1, 0.15) is 120 Å². The lowest BCUT2D eigenvalue weighted by Gasteiger charge is -2.70. The van der Waals surface area contributed by atoms with E-state index in [9.17, 15) is 14.4 Å². The van der Waals surface area contributed by atoms with Crippen molar-refractivity contribution < 1.29 is 19.1 Å². The molecule has 5 aliphatic carbocycles. The second-order valence-corrected chi connectivity index (χ2v) is 16.5. The summed E-state index contributed by atoms with van der Waals surface area (Å²) in [6, 6.07) is 0. The van der Waals surface area contributed by atoms with Crippen LogP contribution >= 0.6 is 0 Å². The highest BCUT2D eigenvalue weighted by Crippen LogP contribution is 2.75. The van der Waals surface area contributed by atoms with Gasteiger partial charge in [0.2, 0.25) is 5.91 Å². The van der Waals surface area contributed by atoms with E-state index in [1.807, 2.05) is 6.92 Å². The Hall–Kier alpha value is -1.69. The summed E-state index contributed by atoms with van der Waals surface area (Å²) in [6.07, 6.45) is 11.3. The van der Waals surface area contributed by atoms with Gasteiger partial charge in [-0.2, -0.15) is 0 Å². The summed E-state index contributed by atoms with van der Waals surface area (Å²) in [5, 5.41) is 3.19. The first kappa shape index (κ1) is 31.7. The molecular formula is C36H58N2O4. The summed E-state index contributed by atoms with van der Waals surface area (Å²) in [4.78, 5) is 41.0. The fraction of sp³-hybridized carbons (Fsp3) is 0.861. The Morgan fingerprint density at radius 1 is 0.976 bits per heavy atom. The van der Waals surface area contributed by atoms with Crippen molar-refractivity contribution in [3.05, 3.63) is 11.6 Å². The molecule has 0 bridgehead atoms. The van der Waals surface area contributed by atoms with Gasteiger partial charge in [-0.3, -0.25) is 14.4 Å². The summed E-state index contributed by atoms with van der Waals surface area (Å²) in [5.74, 6) is 1.37. The Balaban J connectivity index is 1.56. The third-order valence-corrected chi connectivity index (χ3v) is 14.5. The molecule has 4 fully saturated rings. The van der Waals surface area contributed by atoms with Gasteiger partial charge < -0.3 is 15.8 Å². The fourth-order valence-electron chi connectivity index (χ4n) is 11.7. The zero-order valence-corrected chi connectivity index (χ0v) is 27.7. The van der Waals surface area contributed by atoms with Crippen LogP contribution in [-0.2, 0) is 19.1 Å². The number of hydrogen-bond acceptors (Lipinski definition) is 5. The predicted octanol–water partition coefficient (Wildman–Crippen LogP) is 6.61. The number of ether oxygens (including phenoxy) is 1.